The van der Waals surface area contributed by atoms with Gasteiger partial charge in [-0.15, -0.1) is 0 Å². The lowest BCUT2D eigenvalue weighted by molar-refractivity contribution is -0.135. The summed E-state index contributed by atoms with van der Waals surface area (Å²) in [5.74, 6) is -1.07. The van der Waals surface area contributed by atoms with E-state index in [0.29, 0.717) is 12.8 Å². The number of nitrogens with two attached hydrogens (primary N) is 1. The van der Waals surface area contributed by atoms with Crippen molar-refractivity contribution in [3.05, 3.63) is 0 Å². The van der Waals surface area contributed by atoms with Crippen molar-refractivity contribution in [2.75, 3.05) is 0 Å². The predicted molar refractivity (Wildman–Crippen MR) is 60.0 cm³/mol. The Hall–Kier alpha value is -1.57. The van der Waals surface area contributed by atoms with Crippen molar-refractivity contribution < 1.29 is 9.59 Å². The Morgan fingerprint density at radius 3 is 2.00 bits per heavy atom. The van der Waals surface area contributed by atoms with Crippen molar-refractivity contribution in [2.24, 2.45) is 11.1 Å². The zero-order chi connectivity index (χ0) is 13.0. The first-order valence-electron chi connectivity index (χ1n) is 5.29. The summed E-state index contributed by atoms with van der Waals surface area (Å²) in [5, 5.41) is 11.6. The van der Waals surface area contributed by atoms with E-state index < -0.39 is 22.8 Å². The van der Waals surface area contributed by atoms with Crippen molar-refractivity contribution in [1.82, 2.24) is 5.32 Å². The van der Waals surface area contributed by atoms with Gasteiger partial charge in [0.05, 0.1) is 6.07 Å². The van der Waals surface area contributed by atoms with Crippen LogP contribution >= 0.6 is 0 Å². The van der Waals surface area contributed by atoms with E-state index >= 15 is 0 Å². The molecule has 0 unspecified atom stereocenters. The number of carbonyl (C=O) groups excluding carboxylic acids is 2. The summed E-state index contributed by atoms with van der Waals surface area (Å²) in [6.45, 7) is 6.56. The predicted octanol–water partition coefficient (Wildman–Crippen LogP) is 0.696. The molecule has 5 heteroatoms. The first-order chi connectivity index (χ1) is 7.25. The molecule has 0 aromatic carbocycles. The van der Waals surface area contributed by atoms with Gasteiger partial charge in [0.2, 0.25) is 11.8 Å². The molecule has 0 spiro atoms. The zero-order valence-corrected chi connectivity index (χ0v) is 10.3. The number of carbonyl (C=O) groups is 2. The molecule has 0 heterocycles. The molecule has 0 bridgehead atoms. The van der Waals surface area contributed by atoms with Crippen LogP contribution in [0.4, 0.5) is 0 Å². The summed E-state index contributed by atoms with van der Waals surface area (Å²) in [7, 11) is 0. The van der Waals surface area contributed by atoms with Crippen LogP contribution in [0.5, 0.6) is 0 Å². The molecular formula is C11H19N3O2. The summed E-state index contributed by atoms with van der Waals surface area (Å²) >= 11 is 0. The van der Waals surface area contributed by atoms with Gasteiger partial charge < -0.3 is 11.1 Å². The second kappa shape index (κ2) is 4.97. The average molecular weight is 225 g/mol. The minimum Gasteiger partial charge on any atom is -0.368 e. The third-order valence-corrected chi connectivity index (χ3v) is 2.90. The van der Waals surface area contributed by atoms with E-state index in [-0.39, 0.29) is 0 Å². The molecule has 0 atom stereocenters. The van der Waals surface area contributed by atoms with Crippen LogP contribution in [-0.2, 0) is 9.59 Å². The molecule has 90 valence electrons. The number of primary amides is 1. The zero-order valence-electron chi connectivity index (χ0n) is 10.3. The Bertz CT molecular complexity index is 325. The van der Waals surface area contributed by atoms with Crippen LogP contribution in [0.25, 0.3) is 0 Å². The van der Waals surface area contributed by atoms with Gasteiger partial charge in [-0.2, -0.15) is 5.26 Å². The number of hydrogen-bond donors (Lipinski definition) is 2. The van der Waals surface area contributed by atoms with E-state index in [1.807, 2.05) is 6.07 Å². The van der Waals surface area contributed by atoms with Crippen molar-refractivity contribution in [3.8, 4) is 6.07 Å². The fourth-order valence-corrected chi connectivity index (χ4v) is 1.25. The smallest absolute Gasteiger partial charge is 0.242 e. The van der Waals surface area contributed by atoms with Gasteiger partial charge in [-0.3, -0.25) is 9.59 Å². The summed E-state index contributed by atoms with van der Waals surface area (Å²) in [6.07, 6.45) is 0.807. The quantitative estimate of drug-likeness (QED) is 0.720. The monoisotopic (exact) mass is 225 g/mol. The highest BCUT2D eigenvalue weighted by atomic mass is 16.2. The molecule has 2 amide bonds. The van der Waals surface area contributed by atoms with Crippen LogP contribution in [0.2, 0.25) is 0 Å². The topological polar surface area (TPSA) is 96.0 Å². The lowest BCUT2D eigenvalue weighted by Gasteiger charge is -2.29. The van der Waals surface area contributed by atoms with Gasteiger partial charge in [0.25, 0.3) is 0 Å². The number of nitrogens with one attached hydrogen (secondary N) is 1. The molecule has 3 N–H and O–H groups in total. The van der Waals surface area contributed by atoms with Crippen molar-refractivity contribution in [3.63, 3.8) is 0 Å². The molecule has 5 nitrogen and oxygen atoms in total. The van der Waals surface area contributed by atoms with Crippen LogP contribution in [0.3, 0.4) is 0 Å². The van der Waals surface area contributed by atoms with Crippen LogP contribution in [0.1, 0.15) is 40.5 Å². The van der Waals surface area contributed by atoms with Gasteiger partial charge >= 0.3 is 0 Å². The normalized spacial score (nSPS) is 11.7. The fraction of sp³-hybridized carbons (Fsp3) is 0.727. The number of nitriles is 1. The van der Waals surface area contributed by atoms with E-state index in [1.165, 1.54) is 13.8 Å². The van der Waals surface area contributed by atoms with E-state index in [1.54, 1.807) is 13.8 Å². The molecule has 0 saturated heterocycles. The lowest BCUT2D eigenvalue weighted by atomic mass is 9.82. The first-order valence-corrected chi connectivity index (χ1v) is 5.29. The van der Waals surface area contributed by atoms with Gasteiger partial charge in [-0.05, 0) is 26.7 Å². The molecule has 0 saturated carbocycles. The molecule has 0 aliphatic carbocycles. The Kier molecular flexibility index (Phi) is 4.48. The number of nitrogens with zero attached hydrogens (tertiary/aromatic N) is 1. The first kappa shape index (κ1) is 14.4. The molecule has 0 aromatic rings. The number of rotatable bonds is 5. The maximum absolute atomic E-state index is 11.9. The van der Waals surface area contributed by atoms with Crippen LogP contribution in [-0.4, -0.2) is 17.4 Å². The molecule has 0 rings (SSSR count). The molecule has 16 heavy (non-hydrogen) atoms. The van der Waals surface area contributed by atoms with E-state index in [4.69, 9.17) is 11.0 Å². The Morgan fingerprint density at radius 1 is 1.31 bits per heavy atom. The maximum Gasteiger partial charge on any atom is 0.242 e. The Morgan fingerprint density at radius 2 is 1.75 bits per heavy atom. The highest BCUT2D eigenvalue weighted by molar-refractivity contribution is 5.93. The lowest BCUT2D eigenvalue weighted by Crippen LogP contribution is -2.56. The second-order valence-corrected chi connectivity index (χ2v) is 4.34. The van der Waals surface area contributed by atoms with Crippen LogP contribution < -0.4 is 11.1 Å². The molecule has 0 radical (unpaired) electrons. The van der Waals surface area contributed by atoms with Crippen LogP contribution in [0.15, 0.2) is 0 Å². The standard InChI is InChI=1S/C11H19N3O2/c1-5-11(6-2,7-12)9(16)14-10(3,4)8(13)15/h5-6H2,1-4H3,(H2,13,15)(H,14,16). The van der Waals surface area contributed by atoms with Gasteiger partial charge in [-0.1, -0.05) is 13.8 Å². The van der Waals surface area contributed by atoms with Gasteiger partial charge in [0, 0.05) is 0 Å². The minimum absolute atomic E-state index is 0.403. The Labute approximate surface area is 96.0 Å². The SMILES string of the molecule is CCC(C#N)(CC)C(=O)NC(C)(C)C(N)=O. The van der Waals surface area contributed by atoms with Gasteiger partial charge in [0.1, 0.15) is 11.0 Å². The number of hydrogen-bond acceptors (Lipinski definition) is 3. The van der Waals surface area contributed by atoms with Gasteiger partial charge in [0.15, 0.2) is 0 Å². The number of amides is 2. The highest BCUT2D eigenvalue weighted by Gasteiger charge is 2.39. The summed E-state index contributed by atoms with van der Waals surface area (Å²) in [5.41, 5.74) is 2.94. The second-order valence-electron chi connectivity index (χ2n) is 4.34. The molecular weight excluding hydrogens is 206 g/mol. The highest BCUT2D eigenvalue weighted by Crippen LogP contribution is 2.26. The van der Waals surface area contributed by atoms with Crippen molar-refractivity contribution in [1.29, 1.82) is 5.26 Å². The van der Waals surface area contributed by atoms with Crippen LogP contribution in [0, 0.1) is 16.7 Å². The Balaban J connectivity index is 4.96. The third-order valence-electron chi connectivity index (χ3n) is 2.90. The van der Waals surface area contributed by atoms with E-state index in [9.17, 15) is 9.59 Å². The average Bonchev–Trinajstić information content (AvgIpc) is 2.20. The summed E-state index contributed by atoms with van der Waals surface area (Å²) in [4.78, 5) is 23.0. The molecule has 0 aromatic heterocycles. The maximum atomic E-state index is 11.9. The van der Waals surface area contributed by atoms with Crippen molar-refractivity contribution in [2.45, 2.75) is 46.1 Å². The van der Waals surface area contributed by atoms with E-state index in [2.05, 4.69) is 5.32 Å². The summed E-state index contributed by atoms with van der Waals surface area (Å²) in [6, 6.07) is 2.01. The summed E-state index contributed by atoms with van der Waals surface area (Å²) < 4.78 is 0. The third kappa shape index (κ3) is 2.72. The largest absolute Gasteiger partial charge is 0.368 e. The fourth-order valence-electron chi connectivity index (χ4n) is 1.25. The molecule has 0 fully saturated rings. The molecule has 0 aliphatic rings. The van der Waals surface area contributed by atoms with Gasteiger partial charge in [-0.25, -0.2) is 0 Å². The minimum atomic E-state index is -1.14. The molecule has 0 aliphatic heterocycles. The van der Waals surface area contributed by atoms with Crippen molar-refractivity contribution >= 4 is 11.8 Å². The van der Waals surface area contributed by atoms with E-state index in [0.717, 1.165) is 0 Å².